The highest BCUT2D eigenvalue weighted by molar-refractivity contribution is 5.96. The molecule has 1 N–H and O–H groups in total. The van der Waals surface area contributed by atoms with Crippen molar-refractivity contribution in [3.63, 3.8) is 0 Å². The summed E-state index contributed by atoms with van der Waals surface area (Å²) in [4.78, 5) is 23.7. The van der Waals surface area contributed by atoms with Crippen LogP contribution in [0.2, 0.25) is 0 Å². The van der Waals surface area contributed by atoms with Gasteiger partial charge in [-0.25, -0.2) is 4.79 Å². The summed E-state index contributed by atoms with van der Waals surface area (Å²) in [5.41, 5.74) is 0.677. The highest BCUT2D eigenvalue weighted by atomic mass is 16.7. The van der Waals surface area contributed by atoms with E-state index in [4.69, 9.17) is 9.84 Å². The number of hydrogen-bond donors (Lipinski definition) is 1. The molecule has 2 rings (SSSR count). The van der Waals surface area contributed by atoms with Crippen LogP contribution in [0.3, 0.4) is 0 Å². The molecule has 0 spiro atoms. The number of carbonyl (C=O) groups is 2. The molecule has 1 atom stereocenters. The molecule has 18 heavy (non-hydrogen) atoms. The van der Waals surface area contributed by atoms with Crippen LogP contribution in [0.15, 0.2) is 24.3 Å². The number of nitrogens with zero attached hydrogens (tertiary/aromatic N) is 1. The Morgan fingerprint density at radius 3 is 2.94 bits per heavy atom. The minimum Gasteiger partial charge on any atom is -0.497 e. The summed E-state index contributed by atoms with van der Waals surface area (Å²) in [5.74, 6) is 0.484. The second-order valence-corrected chi connectivity index (χ2v) is 3.92. The maximum Gasteiger partial charge on any atom is 0.506 e. The van der Waals surface area contributed by atoms with E-state index in [1.165, 1.54) is 4.90 Å². The fraction of sp³-hybridized carbons (Fsp3) is 0.333. The van der Waals surface area contributed by atoms with Gasteiger partial charge in [-0.2, -0.15) is 0 Å². The van der Waals surface area contributed by atoms with Gasteiger partial charge in [-0.05, 0) is 12.1 Å². The Bertz CT molecular complexity index is 473. The van der Waals surface area contributed by atoms with Gasteiger partial charge in [-0.1, -0.05) is 6.07 Å². The van der Waals surface area contributed by atoms with Crippen LogP contribution in [0, 0.1) is 0 Å². The average molecular weight is 251 g/mol. The lowest BCUT2D eigenvalue weighted by Crippen LogP contribution is -2.26. The van der Waals surface area contributed by atoms with Gasteiger partial charge in [0.05, 0.1) is 20.1 Å². The third-order valence-electron chi connectivity index (χ3n) is 2.72. The lowest BCUT2D eigenvalue weighted by atomic mass is 10.3. The van der Waals surface area contributed by atoms with Crippen LogP contribution in [0.25, 0.3) is 0 Å². The number of methoxy groups -OCH3 is 1. The maximum absolute atomic E-state index is 11.8. The van der Waals surface area contributed by atoms with E-state index in [-0.39, 0.29) is 18.9 Å². The largest absolute Gasteiger partial charge is 0.506 e. The lowest BCUT2D eigenvalue weighted by Gasteiger charge is -2.16. The van der Waals surface area contributed by atoms with Crippen molar-refractivity contribution in [2.45, 2.75) is 12.5 Å². The number of rotatable bonds is 3. The molecule has 1 aliphatic rings. The normalized spacial score (nSPS) is 18.8. The second-order valence-electron chi connectivity index (χ2n) is 3.92. The quantitative estimate of drug-likeness (QED) is 0.824. The van der Waals surface area contributed by atoms with Crippen LogP contribution >= 0.6 is 0 Å². The average Bonchev–Trinajstić information content (AvgIpc) is 2.69. The first-order valence-corrected chi connectivity index (χ1v) is 5.44. The molecule has 1 saturated heterocycles. The number of benzene rings is 1. The maximum atomic E-state index is 11.8. The zero-order valence-electron chi connectivity index (χ0n) is 9.83. The fourth-order valence-electron chi connectivity index (χ4n) is 1.92. The molecule has 1 aliphatic heterocycles. The Hall–Kier alpha value is -2.24. The number of carboxylic acid groups (broad SMARTS) is 1. The molecule has 1 aromatic carbocycles. The zero-order valence-corrected chi connectivity index (χ0v) is 9.83. The second kappa shape index (κ2) is 4.95. The topological polar surface area (TPSA) is 76.1 Å². The summed E-state index contributed by atoms with van der Waals surface area (Å²) in [6, 6.07) is 7.03. The van der Waals surface area contributed by atoms with E-state index in [1.807, 2.05) is 0 Å². The van der Waals surface area contributed by atoms with Crippen LogP contribution in [0.1, 0.15) is 6.42 Å². The lowest BCUT2D eigenvalue weighted by molar-refractivity contribution is -0.117. The van der Waals surface area contributed by atoms with Gasteiger partial charge in [0.1, 0.15) is 11.9 Å². The Morgan fingerprint density at radius 2 is 2.28 bits per heavy atom. The summed E-state index contributed by atoms with van der Waals surface area (Å²) >= 11 is 0. The molecule has 1 heterocycles. The number of ether oxygens (including phenoxy) is 2. The first kappa shape index (κ1) is 12.2. The summed E-state index contributed by atoms with van der Waals surface area (Å²) in [6.07, 6.45) is -1.90. The molecule has 1 fully saturated rings. The third-order valence-corrected chi connectivity index (χ3v) is 2.72. The van der Waals surface area contributed by atoms with Crippen molar-refractivity contribution in [1.29, 1.82) is 0 Å². The van der Waals surface area contributed by atoms with E-state index < -0.39 is 12.3 Å². The summed E-state index contributed by atoms with van der Waals surface area (Å²) in [6.45, 7) is 0.234. The molecule has 1 unspecified atom stereocenters. The van der Waals surface area contributed by atoms with Gasteiger partial charge in [-0.15, -0.1) is 0 Å². The van der Waals surface area contributed by atoms with E-state index in [1.54, 1.807) is 31.4 Å². The van der Waals surface area contributed by atoms with E-state index in [9.17, 15) is 9.59 Å². The van der Waals surface area contributed by atoms with Gasteiger partial charge >= 0.3 is 6.16 Å². The van der Waals surface area contributed by atoms with Gasteiger partial charge in [-0.3, -0.25) is 4.79 Å². The van der Waals surface area contributed by atoms with Crippen LogP contribution in [-0.2, 0) is 9.53 Å². The molecule has 6 heteroatoms. The predicted octanol–water partition coefficient (Wildman–Crippen LogP) is 1.50. The SMILES string of the molecule is COc1cccc(N2CC(OC(=O)O)CC2=O)c1. The molecule has 0 radical (unpaired) electrons. The molecule has 0 saturated carbocycles. The molecule has 6 nitrogen and oxygen atoms in total. The van der Waals surface area contributed by atoms with E-state index in [0.29, 0.717) is 11.4 Å². The number of anilines is 1. The van der Waals surface area contributed by atoms with Crippen LogP contribution < -0.4 is 9.64 Å². The Balaban J connectivity index is 2.13. The number of amides is 1. The first-order valence-electron chi connectivity index (χ1n) is 5.44. The molecule has 1 amide bonds. The van der Waals surface area contributed by atoms with Gasteiger partial charge in [0.15, 0.2) is 0 Å². The minimum atomic E-state index is -1.36. The monoisotopic (exact) mass is 251 g/mol. The summed E-state index contributed by atoms with van der Waals surface area (Å²) < 4.78 is 9.69. The molecule has 0 aromatic heterocycles. The van der Waals surface area contributed by atoms with E-state index in [0.717, 1.165) is 0 Å². The number of hydrogen-bond acceptors (Lipinski definition) is 4. The molecule has 0 aliphatic carbocycles. The molecular formula is C12H13NO5. The van der Waals surface area contributed by atoms with Crippen molar-refractivity contribution in [3.8, 4) is 5.75 Å². The highest BCUT2D eigenvalue weighted by Gasteiger charge is 2.33. The van der Waals surface area contributed by atoms with Crippen LogP contribution in [0.5, 0.6) is 5.75 Å². The standard InChI is InChI=1S/C12H13NO5/c1-17-9-4-2-3-8(5-9)13-7-10(6-11(13)14)18-12(15)16/h2-5,10H,6-7H2,1H3,(H,15,16). The van der Waals surface area contributed by atoms with Gasteiger partial charge < -0.3 is 19.5 Å². The summed E-state index contributed by atoms with van der Waals surface area (Å²) in [7, 11) is 1.54. The number of carbonyl (C=O) groups excluding carboxylic acids is 1. The molecule has 0 bridgehead atoms. The van der Waals surface area contributed by atoms with Gasteiger partial charge in [0.25, 0.3) is 0 Å². The van der Waals surface area contributed by atoms with Crippen molar-refractivity contribution < 1.29 is 24.2 Å². The molecule has 1 aromatic rings. The Labute approximate surface area is 104 Å². The van der Waals surface area contributed by atoms with Gasteiger partial charge in [0, 0.05) is 11.8 Å². The third kappa shape index (κ3) is 2.53. The van der Waals surface area contributed by atoms with Crippen LogP contribution in [0.4, 0.5) is 10.5 Å². The van der Waals surface area contributed by atoms with Crippen molar-refractivity contribution in [3.05, 3.63) is 24.3 Å². The van der Waals surface area contributed by atoms with Crippen molar-refractivity contribution in [2.75, 3.05) is 18.6 Å². The predicted molar refractivity (Wildman–Crippen MR) is 62.9 cm³/mol. The Kier molecular flexibility index (Phi) is 3.36. The Morgan fingerprint density at radius 1 is 1.50 bits per heavy atom. The van der Waals surface area contributed by atoms with Crippen molar-refractivity contribution >= 4 is 17.7 Å². The minimum absolute atomic E-state index is 0.0729. The van der Waals surface area contributed by atoms with E-state index >= 15 is 0 Å². The van der Waals surface area contributed by atoms with Crippen molar-refractivity contribution in [2.24, 2.45) is 0 Å². The zero-order chi connectivity index (χ0) is 13.1. The summed E-state index contributed by atoms with van der Waals surface area (Å²) in [5, 5.41) is 8.53. The fourth-order valence-corrected chi connectivity index (χ4v) is 1.92. The van der Waals surface area contributed by atoms with Crippen LogP contribution in [-0.4, -0.2) is 36.9 Å². The first-order chi connectivity index (χ1) is 8.60. The smallest absolute Gasteiger partial charge is 0.497 e. The van der Waals surface area contributed by atoms with E-state index in [2.05, 4.69) is 4.74 Å². The molecule has 96 valence electrons. The van der Waals surface area contributed by atoms with Crippen molar-refractivity contribution in [1.82, 2.24) is 0 Å². The molecular weight excluding hydrogens is 238 g/mol. The van der Waals surface area contributed by atoms with Gasteiger partial charge in [0.2, 0.25) is 5.91 Å². The highest BCUT2D eigenvalue weighted by Crippen LogP contribution is 2.26.